The highest BCUT2D eigenvalue weighted by molar-refractivity contribution is 6.30. The minimum Gasteiger partial charge on any atom is -0.491 e. The fraction of sp³-hybridized carbons (Fsp3) is 0.419. The standard InChI is InChI=1S/C31H37ClN2O10/c32-22-9-7-10-24(16-22)42-20-23(35)14-15-26-25(27(36)17-28(26)37)11-3-1-2-4-13-30(38)33-18-31(39)44-29-12-6-5-8-21(29)19-43-34(40)41/h1,3,5-10,12,14-16,23,25-28,35-37H,2,4,11,13,17-20H2,(H,33,38)/b3-1-,15-14+/t23-,25-,26-,27+,28-/m1/s1. The first-order valence-corrected chi connectivity index (χ1v) is 14.6. The number of aliphatic hydroxyl groups is 3. The van der Waals surface area contributed by atoms with Crippen LogP contribution in [-0.4, -0.2) is 63.7 Å². The molecule has 12 nitrogen and oxygen atoms in total. The molecule has 238 valence electrons. The number of rotatable bonds is 17. The zero-order valence-corrected chi connectivity index (χ0v) is 24.8. The van der Waals surface area contributed by atoms with Crippen molar-refractivity contribution in [2.24, 2.45) is 11.8 Å². The summed E-state index contributed by atoms with van der Waals surface area (Å²) in [7, 11) is 0. The van der Waals surface area contributed by atoms with Gasteiger partial charge in [-0.25, -0.2) is 4.79 Å². The molecular formula is C31H37ClN2O10. The van der Waals surface area contributed by atoms with Gasteiger partial charge in [-0.05, 0) is 49.4 Å². The zero-order chi connectivity index (χ0) is 31.9. The predicted molar refractivity (Wildman–Crippen MR) is 160 cm³/mol. The van der Waals surface area contributed by atoms with Crippen LogP contribution in [0.15, 0.2) is 72.8 Å². The van der Waals surface area contributed by atoms with E-state index in [1.807, 2.05) is 12.2 Å². The highest BCUT2D eigenvalue weighted by Crippen LogP contribution is 2.36. The van der Waals surface area contributed by atoms with Crippen LogP contribution in [0, 0.1) is 22.0 Å². The number of unbranched alkanes of at least 4 members (excludes halogenated alkanes) is 1. The number of benzene rings is 2. The number of para-hydroxylation sites is 1. The number of allylic oxidation sites excluding steroid dienone is 2. The summed E-state index contributed by atoms with van der Waals surface area (Å²) in [5, 5.41) is 43.7. The molecule has 5 atom stereocenters. The van der Waals surface area contributed by atoms with Gasteiger partial charge < -0.3 is 34.9 Å². The van der Waals surface area contributed by atoms with Gasteiger partial charge in [-0.2, -0.15) is 0 Å². The van der Waals surface area contributed by atoms with Crippen LogP contribution in [0.1, 0.15) is 37.7 Å². The summed E-state index contributed by atoms with van der Waals surface area (Å²) in [5.41, 5.74) is 0.315. The molecule has 1 aliphatic carbocycles. The third kappa shape index (κ3) is 12.0. The molecule has 0 aromatic heterocycles. The highest BCUT2D eigenvalue weighted by atomic mass is 35.5. The van der Waals surface area contributed by atoms with Crippen molar-refractivity contribution in [3.8, 4) is 11.5 Å². The molecule has 3 rings (SSSR count). The van der Waals surface area contributed by atoms with E-state index in [-0.39, 0.29) is 56.1 Å². The molecule has 1 aliphatic rings. The molecule has 0 radical (unpaired) electrons. The van der Waals surface area contributed by atoms with Crippen molar-refractivity contribution in [1.29, 1.82) is 0 Å². The molecular weight excluding hydrogens is 596 g/mol. The Morgan fingerprint density at radius 1 is 1.14 bits per heavy atom. The molecule has 1 amide bonds. The average molecular weight is 633 g/mol. The number of amides is 1. The second kappa shape index (κ2) is 18.0. The number of hydrogen-bond donors (Lipinski definition) is 4. The largest absolute Gasteiger partial charge is 0.491 e. The van der Waals surface area contributed by atoms with E-state index < -0.39 is 29.4 Å². The number of nitrogens with one attached hydrogen (secondary N) is 1. The fourth-order valence-corrected chi connectivity index (χ4v) is 4.95. The molecule has 0 saturated heterocycles. The first kappa shape index (κ1) is 34.5. The van der Waals surface area contributed by atoms with E-state index in [4.69, 9.17) is 21.1 Å². The van der Waals surface area contributed by atoms with Gasteiger partial charge in [-0.1, -0.05) is 60.2 Å². The quantitative estimate of drug-likeness (QED) is 0.0503. The first-order chi connectivity index (χ1) is 21.1. The molecule has 0 bridgehead atoms. The number of ether oxygens (including phenoxy) is 2. The Morgan fingerprint density at radius 2 is 1.93 bits per heavy atom. The van der Waals surface area contributed by atoms with Gasteiger partial charge in [0, 0.05) is 29.3 Å². The van der Waals surface area contributed by atoms with Crippen molar-refractivity contribution in [3.05, 3.63) is 93.5 Å². The topological polar surface area (TPSA) is 178 Å². The van der Waals surface area contributed by atoms with Crippen molar-refractivity contribution in [1.82, 2.24) is 5.32 Å². The fourth-order valence-electron chi connectivity index (χ4n) is 4.77. The first-order valence-electron chi connectivity index (χ1n) is 14.2. The van der Waals surface area contributed by atoms with Gasteiger partial charge in [0.25, 0.3) is 5.09 Å². The molecule has 0 spiro atoms. The van der Waals surface area contributed by atoms with Gasteiger partial charge in [-0.15, -0.1) is 10.1 Å². The van der Waals surface area contributed by atoms with E-state index >= 15 is 0 Å². The molecule has 1 saturated carbocycles. The van der Waals surface area contributed by atoms with E-state index in [9.17, 15) is 35.0 Å². The Labute approximate surface area is 260 Å². The zero-order valence-electron chi connectivity index (χ0n) is 24.0. The molecule has 0 heterocycles. The number of carbonyl (C=O) groups excluding carboxylic acids is 2. The predicted octanol–water partition coefficient (Wildman–Crippen LogP) is 3.54. The van der Waals surface area contributed by atoms with Crippen molar-refractivity contribution in [2.45, 2.75) is 57.0 Å². The molecule has 1 fully saturated rings. The van der Waals surface area contributed by atoms with Crippen LogP contribution in [-0.2, 0) is 21.0 Å². The van der Waals surface area contributed by atoms with Crippen molar-refractivity contribution >= 4 is 23.5 Å². The summed E-state index contributed by atoms with van der Waals surface area (Å²) >= 11 is 5.94. The normalized spacial score (nSPS) is 20.5. The molecule has 0 unspecified atom stereocenters. The SMILES string of the molecule is O=C(CCC/C=C\C[C@@H]1[C@@H](/C=C/[C@@H](O)COc2cccc(Cl)c2)[C@H](O)C[C@@H]1O)NCC(=O)Oc1ccccc1CO[N+](=O)[O-]. The Morgan fingerprint density at radius 3 is 2.70 bits per heavy atom. The maximum Gasteiger partial charge on any atom is 0.330 e. The minimum absolute atomic E-state index is 0.0108. The Balaban J connectivity index is 1.35. The number of esters is 1. The lowest BCUT2D eigenvalue weighted by Crippen LogP contribution is -2.31. The van der Waals surface area contributed by atoms with E-state index in [0.717, 1.165) is 0 Å². The van der Waals surface area contributed by atoms with Crippen molar-refractivity contribution < 1.29 is 44.3 Å². The summed E-state index contributed by atoms with van der Waals surface area (Å²) in [5.74, 6) is -0.995. The Bertz CT molecular complexity index is 1300. The summed E-state index contributed by atoms with van der Waals surface area (Å²) in [6.45, 7) is -0.730. The number of carbonyl (C=O) groups is 2. The minimum atomic E-state index is -0.944. The molecule has 13 heteroatoms. The number of halogens is 1. The lowest BCUT2D eigenvalue weighted by molar-refractivity contribution is -0.763. The summed E-state index contributed by atoms with van der Waals surface area (Å²) in [6.07, 6.45) is 6.79. The van der Waals surface area contributed by atoms with Crippen LogP contribution >= 0.6 is 11.6 Å². The summed E-state index contributed by atoms with van der Waals surface area (Å²) in [6, 6.07) is 13.1. The molecule has 0 aliphatic heterocycles. The van der Waals surface area contributed by atoms with E-state index in [1.165, 1.54) is 12.1 Å². The third-order valence-electron chi connectivity index (χ3n) is 6.99. The summed E-state index contributed by atoms with van der Waals surface area (Å²) in [4.78, 5) is 39.0. The third-order valence-corrected chi connectivity index (χ3v) is 7.22. The average Bonchev–Trinajstić information content (AvgIpc) is 3.26. The van der Waals surface area contributed by atoms with Gasteiger partial charge in [0.2, 0.25) is 5.91 Å². The number of aliphatic hydroxyl groups excluding tert-OH is 3. The van der Waals surface area contributed by atoms with E-state index in [1.54, 1.807) is 48.6 Å². The van der Waals surface area contributed by atoms with E-state index in [2.05, 4.69) is 10.2 Å². The van der Waals surface area contributed by atoms with Gasteiger partial charge in [0.05, 0.1) is 12.2 Å². The number of nitrogens with zero attached hydrogens (tertiary/aromatic N) is 1. The van der Waals surface area contributed by atoms with Gasteiger partial charge in [0.15, 0.2) is 0 Å². The van der Waals surface area contributed by atoms with Crippen molar-refractivity contribution in [2.75, 3.05) is 13.2 Å². The summed E-state index contributed by atoms with van der Waals surface area (Å²) < 4.78 is 10.7. The van der Waals surface area contributed by atoms with Crippen LogP contribution in [0.5, 0.6) is 11.5 Å². The molecule has 2 aromatic carbocycles. The highest BCUT2D eigenvalue weighted by Gasteiger charge is 2.39. The Hall–Kier alpha value is -3.97. The maximum atomic E-state index is 12.1. The lowest BCUT2D eigenvalue weighted by atomic mass is 9.89. The van der Waals surface area contributed by atoms with Crippen LogP contribution < -0.4 is 14.8 Å². The van der Waals surface area contributed by atoms with Crippen LogP contribution in [0.25, 0.3) is 0 Å². The van der Waals surface area contributed by atoms with Crippen molar-refractivity contribution in [3.63, 3.8) is 0 Å². The van der Waals surface area contributed by atoms with Crippen LogP contribution in [0.3, 0.4) is 0 Å². The Kier molecular flexibility index (Phi) is 14.1. The molecule has 4 N–H and O–H groups in total. The van der Waals surface area contributed by atoms with Crippen LogP contribution in [0.4, 0.5) is 0 Å². The maximum absolute atomic E-state index is 12.1. The smallest absolute Gasteiger partial charge is 0.330 e. The van der Waals surface area contributed by atoms with Crippen LogP contribution in [0.2, 0.25) is 5.02 Å². The second-order valence-electron chi connectivity index (χ2n) is 10.3. The van der Waals surface area contributed by atoms with Gasteiger partial charge in [0.1, 0.15) is 37.4 Å². The molecule has 44 heavy (non-hydrogen) atoms. The van der Waals surface area contributed by atoms with Gasteiger partial charge >= 0.3 is 5.97 Å². The van der Waals surface area contributed by atoms with Gasteiger partial charge in [-0.3, -0.25) is 4.79 Å². The second-order valence-corrected chi connectivity index (χ2v) is 10.7. The van der Waals surface area contributed by atoms with E-state index in [0.29, 0.717) is 35.6 Å². The number of hydrogen-bond acceptors (Lipinski definition) is 10. The monoisotopic (exact) mass is 632 g/mol. The lowest BCUT2D eigenvalue weighted by Gasteiger charge is -2.19. The molecule has 2 aromatic rings.